The van der Waals surface area contributed by atoms with Crippen LogP contribution in [0.15, 0.2) is 42.6 Å². The molecule has 3 rings (SSSR count). The van der Waals surface area contributed by atoms with E-state index >= 15 is 0 Å². The molecule has 1 atom stereocenters. The molecule has 0 aliphatic heterocycles. The third kappa shape index (κ3) is 5.77. The second-order valence-electron chi connectivity index (χ2n) is 6.36. The van der Waals surface area contributed by atoms with Gasteiger partial charge in [-0.1, -0.05) is 17.7 Å². The Morgan fingerprint density at radius 2 is 1.87 bits per heavy atom. The molecule has 0 aromatic carbocycles. The summed E-state index contributed by atoms with van der Waals surface area (Å²) in [4.78, 5) is 16.4. The zero-order valence-corrected chi connectivity index (χ0v) is 16.8. The Labute approximate surface area is 175 Å². The highest BCUT2D eigenvalue weighted by molar-refractivity contribution is 6.29. The fourth-order valence-corrected chi connectivity index (χ4v) is 2.75. The molecule has 0 fully saturated rings. The maximum atomic E-state index is 13.0. The van der Waals surface area contributed by atoms with Gasteiger partial charge in [-0.3, -0.25) is 4.98 Å². The van der Waals surface area contributed by atoms with Gasteiger partial charge in [-0.2, -0.15) is 13.2 Å². The summed E-state index contributed by atoms with van der Waals surface area (Å²) in [7, 11) is 1.58. The van der Waals surface area contributed by atoms with E-state index in [-0.39, 0.29) is 28.5 Å². The number of halogens is 4. The monoisotopic (exact) mass is 438 g/mol. The van der Waals surface area contributed by atoms with Gasteiger partial charge in [0, 0.05) is 31.1 Å². The lowest BCUT2D eigenvalue weighted by Crippen LogP contribution is -2.21. The van der Waals surface area contributed by atoms with E-state index in [1.807, 2.05) is 6.92 Å². The number of aromatic nitrogens is 4. The zero-order chi connectivity index (χ0) is 21.7. The van der Waals surface area contributed by atoms with Crippen LogP contribution in [0.4, 0.5) is 30.5 Å². The summed E-state index contributed by atoms with van der Waals surface area (Å²) in [5, 5.41) is 6.29. The van der Waals surface area contributed by atoms with Gasteiger partial charge >= 0.3 is 6.18 Å². The van der Waals surface area contributed by atoms with Crippen molar-refractivity contribution in [2.24, 2.45) is 0 Å². The van der Waals surface area contributed by atoms with Gasteiger partial charge in [0.25, 0.3) is 0 Å². The number of ether oxygens (including phenoxy) is 1. The molecule has 0 aliphatic rings. The van der Waals surface area contributed by atoms with Crippen molar-refractivity contribution < 1.29 is 17.9 Å². The molecule has 0 spiro atoms. The molecule has 0 bridgehead atoms. The largest absolute Gasteiger partial charge is 0.433 e. The fourth-order valence-electron chi connectivity index (χ4n) is 2.59. The molecule has 30 heavy (non-hydrogen) atoms. The van der Waals surface area contributed by atoms with Crippen molar-refractivity contribution in [1.29, 1.82) is 0 Å². The summed E-state index contributed by atoms with van der Waals surface area (Å²) >= 11 is 5.96. The predicted molar refractivity (Wildman–Crippen MR) is 108 cm³/mol. The first-order valence-electron chi connectivity index (χ1n) is 8.82. The van der Waals surface area contributed by atoms with Crippen LogP contribution in [0.25, 0.3) is 11.5 Å². The quantitative estimate of drug-likeness (QED) is 0.513. The van der Waals surface area contributed by atoms with E-state index in [1.165, 1.54) is 6.07 Å². The first-order chi connectivity index (χ1) is 14.2. The summed E-state index contributed by atoms with van der Waals surface area (Å²) in [6.07, 6.45) is -3.48. The lowest BCUT2D eigenvalue weighted by Gasteiger charge is -2.16. The molecule has 3 heterocycles. The average molecular weight is 439 g/mol. The van der Waals surface area contributed by atoms with Crippen LogP contribution in [0.1, 0.15) is 12.6 Å². The van der Waals surface area contributed by atoms with Gasteiger partial charge in [0.1, 0.15) is 28.2 Å². The van der Waals surface area contributed by atoms with Crippen LogP contribution in [0, 0.1) is 0 Å². The normalized spacial score (nSPS) is 12.5. The Balaban J connectivity index is 1.97. The van der Waals surface area contributed by atoms with E-state index < -0.39 is 11.9 Å². The number of hydrogen-bond acceptors (Lipinski definition) is 7. The van der Waals surface area contributed by atoms with E-state index in [1.54, 1.807) is 31.4 Å². The molecule has 1 unspecified atom stereocenters. The summed E-state index contributed by atoms with van der Waals surface area (Å²) in [6.45, 7) is 2.32. The van der Waals surface area contributed by atoms with Gasteiger partial charge in [-0.05, 0) is 31.2 Å². The molecule has 7 nitrogen and oxygen atoms in total. The molecule has 3 aromatic rings. The highest BCUT2D eigenvalue weighted by Gasteiger charge is 2.32. The van der Waals surface area contributed by atoms with Crippen LogP contribution in [0.3, 0.4) is 0 Å². The van der Waals surface area contributed by atoms with Gasteiger partial charge in [0.15, 0.2) is 5.82 Å². The molecule has 0 saturated carbocycles. The second kappa shape index (κ2) is 9.23. The first kappa shape index (κ1) is 21.7. The third-order valence-corrected chi connectivity index (χ3v) is 4.01. The lowest BCUT2D eigenvalue weighted by molar-refractivity contribution is -0.141. The molecule has 0 amide bonds. The van der Waals surface area contributed by atoms with Crippen molar-refractivity contribution in [2.75, 3.05) is 24.4 Å². The third-order valence-electron chi connectivity index (χ3n) is 3.80. The van der Waals surface area contributed by atoms with E-state index in [0.29, 0.717) is 18.1 Å². The smallest absolute Gasteiger partial charge is 0.383 e. The van der Waals surface area contributed by atoms with Crippen molar-refractivity contribution in [3.63, 3.8) is 0 Å². The summed E-state index contributed by atoms with van der Waals surface area (Å²) in [5.74, 6) is 0.965. The van der Waals surface area contributed by atoms with Crippen LogP contribution < -0.4 is 10.6 Å². The van der Waals surface area contributed by atoms with Crippen LogP contribution >= 0.6 is 11.6 Å². The Bertz CT molecular complexity index is 1020. The Kier molecular flexibility index (Phi) is 6.68. The maximum absolute atomic E-state index is 13.0. The SMILES string of the molecule is COCC(C)Nc1cc(Nc2ccnc(C(F)(F)F)c2)nc(-c2cccc(Cl)n2)n1. The van der Waals surface area contributed by atoms with Gasteiger partial charge in [0.05, 0.1) is 6.61 Å². The standard InChI is InChI=1S/C19H18ClF3N6O/c1-11(10-30-2)25-16-9-17(26-12-6-7-24-14(8-12)19(21,22)23)29-18(28-16)13-4-3-5-15(20)27-13/h3-9,11H,10H2,1-2H3,(H2,24,25,26,28,29). The number of methoxy groups -OCH3 is 1. The summed E-state index contributed by atoms with van der Waals surface area (Å²) in [5.41, 5.74) is -0.415. The van der Waals surface area contributed by atoms with Crippen LogP contribution in [0.5, 0.6) is 0 Å². The zero-order valence-electron chi connectivity index (χ0n) is 16.0. The van der Waals surface area contributed by atoms with Crippen molar-refractivity contribution in [1.82, 2.24) is 19.9 Å². The molecule has 158 valence electrons. The van der Waals surface area contributed by atoms with Crippen molar-refractivity contribution in [3.05, 3.63) is 53.4 Å². The summed E-state index contributed by atoms with van der Waals surface area (Å²) < 4.78 is 44.0. The number of nitrogens with zero attached hydrogens (tertiary/aromatic N) is 4. The first-order valence-corrected chi connectivity index (χ1v) is 9.20. The van der Waals surface area contributed by atoms with Gasteiger partial charge < -0.3 is 15.4 Å². The molecule has 11 heteroatoms. The molecular formula is C19H18ClF3N6O. The van der Waals surface area contributed by atoms with Crippen molar-refractivity contribution in [2.45, 2.75) is 19.1 Å². The fraction of sp³-hybridized carbons (Fsp3) is 0.263. The molecule has 0 radical (unpaired) electrons. The molecular weight excluding hydrogens is 421 g/mol. The predicted octanol–water partition coefficient (Wildman–Crippen LogP) is 4.80. The van der Waals surface area contributed by atoms with Crippen LogP contribution in [-0.2, 0) is 10.9 Å². The van der Waals surface area contributed by atoms with Gasteiger partial charge in [-0.15, -0.1) is 0 Å². The van der Waals surface area contributed by atoms with E-state index in [0.717, 1.165) is 12.3 Å². The molecule has 0 saturated heterocycles. The summed E-state index contributed by atoms with van der Waals surface area (Å²) in [6, 6.07) is 8.82. The Morgan fingerprint density at radius 3 is 2.57 bits per heavy atom. The average Bonchev–Trinajstić information content (AvgIpc) is 2.67. The van der Waals surface area contributed by atoms with Crippen molar-refractivity contribution in [3.8, 4) is 11.5 Å². The molecule has 3 aromatic heterocycles. The molecule has 2 N–H and O–H groups in total. The number of nitrogens with one attached hydrogen (secondary N) is 2. The molecule has 0 aliphatic carbocycles. The number of anilines is 3. The minimum Gasteiger partial charge on any atom is -0.383 e. The van der Waals surface area contributed by atoms with E-state index in [9.17, 15) is 13.2 Å². The number of hydrogen-bond donors (Lipinski definition) is 2. The van der Waals surface area contributed by atoms with Crippen LogP contribution in [0.2, 0.25) is 5.15 Å². The van der Waals surface area contributed by atoms with E-state index in [2.05, 4.69) is 30.6 Å². The highest BCUT2D eigenvalue weighted by atomic mass is 35.5. The van der Waals surface area contributed by atoms with Gasteiger partial charge in [0.2, 0.25) is 0 Å². The lowest BCUT2D eigenvalue weighted by atomic mass is 10.3. The maximum Gasteiger partial charge on any atom is 0.433 e. The number of rotatable bonds is 7. The van der Waals surface area contributed by atoms with Crippen LogP contribution in [-0.4, -0.2) is 39.7 Å². The Hall–Kier alpha value is -2.98. The Morgan fingerprint density at radius 1 is 1.10 bits per heavy atom. The van der Waals surface area contributed by atoms with E-state index in [4.69, 9.17) is 16.3 Å². The van der Waals surface area contributed by atoms with Crippen molar-refractivity contribution >= 4 is 28.9 Å². The minimum atomic E-state index is -4.55. The van der Waals surface area contributed by atoms with Gasteiger partial charge in [-0.25, -0.2) is 15.0 Å². The highest BCUT2D eigenvalue weighted by Crippen LogP contribution is 2.30. The number of alkyl halides is 3. The minimum absolute atomic E-state index is 0.0734. The second-order valence-corrected chi connectivity index (χ2v) is 6.75. The topological polar surface area (TPSA) is 84.9 Å². The number of pyridine rings is 2.